The summed E-state index contributed by atoms with van der Waals surface area (Å²) < 4.78 is 16.8. The standard InChI is InChI=1S/C12H20O2S/c13-15-7-5-12(6-8-15)10-14-9-11-3-1-2-4-11/h9,12H,1-8,10H2. The molecular weight excluding hydrogens is 208 g/mol. The highest BCUT2D eigenvalue weighted by Gasteiger charge is 2.17. The Hall–Kier alpha value is -0.310. The van der Waals surface area contributed by atoms with Crippen LogP contribution in [0.2, 0.25) is 0 Å². The maximum atomic E-state index is 11.1. The molecule has 0 spiro atoms. The van der Waals surface area contributed by atoms with Gasteiger partial charge in [-0.05, 0) is 50.0 Å². The molecule has 2 fully saturated rings. The van der Waals surface area contributed by atoms with Crippen molar-refractivity contribution >= 4 is 10.8 Å². The molecule has 2 aliphatic rings. The summed E-state index contributed by atoms with van der Waals surface area (Å²) in [5.74, 6) is 2.40. The van der Waals surface area contributed by atoms with Gasteiger partial charge in [0.25, 0.3) is 0 Å². The molecule has 2 rings (SSSR count). The van der Waals surface area contributed by atoms with Crippen molar-refractivity contribution < 1.29 is 8.95 Å². The lowest BCUT2D eigenvalue weighted by Crippen LogP contribution is -2.21. The minimum Gasteiger partial charge on any atom is -0.501 e. The predicted molar refractivity (Wildman–Crippen MR) is 63.1 cm³/mol. The van der Waals surface area contributed by atoms with Crippen LogP contribution in [0.5, 0.6) is 0 Å². The van der Waals surface area contributed by atoms with Crippen LogP contribution in [-0.4, -0.2) is 22.3 Å². The summed E-state index contributed by atoms with van der Waals surface area (Å²) in [6, 6.07) is 0. The summed E-state index contributed by atoms with van der Waals surface area (Å²) in [6.07, 6.45) is 9.27. The Morgan fingerprint density at radius 3 is 2.60 bits per heavy atom. The van der Waals surface area contributed by atoms with E-state index in [1.54, 1.807) is 0 Å². The second kappa shape index (κ2) is 5.69. The lowest BCUT2D eigenvalue weighted by molar-refractivity contribution is 0.185. The molecule has 0 bridgehead atoms. The molecule has 1 saturated carbocycles. The smallest absolute Gasteiger partial charge is 0.0902 e. The molecule has 2 nitrogen and oxygen atoms in total. The van der Waals surface area contributed by atoms with Gasteiger partial charge in [0.2, 0.25) is 0 Å². The van der Waals surface area contributed by atoms with E-state index in [1.807, 2.05) is 6.26 Å². The highest BCUT2D eigenvalue weighted by atomic mass is 32.2. The van der Waals surface area contributed by atoms with Crippen LogP contribution in [0.4, 0.5) is 0 Å². The normalized spacial score (nSPS) is 31.6. The van der Waals surface area contributed by atoms with Gasteiger partial charge in [-0.15, -0.1) is 0 Å². The number of allylic oxidation sites excluding steroid dienone is 1. The van der Waals surface area contributed by atoms with Gasteiger partial charge >= 0.3 is 0 Å². The molecule has 0 atom stereocenters. The molecule has 0 aromatic heterocycles. The Morgan fingerprint density at radius 1 is 1.27 bits per heavy atom. The van der Waals surface area contributed by atoms with Crippen molar-refractivity contribution in [3.8, 4) is 0 Å². The fourth-order valence-electron chi connectivity index (χ4n) is 2.26. The molecule has 1 heterocycles. The number of rotatable bonds is 3. The van der Waals surface area contributed by atoms with Crippen molar-refractivity contribution in [3.05, 3.63) is 11.8 Å². The van der Waals surface area contributed by atoms with Crippen molar-refractivity contribution in [1.29, 1.82) is 0 Å². The SMILES string of the molecule is O=S1CCC(COC=C2CCCC2)CC1. The molecule has 1 saturated heterocycles. The van der Waals surface area contributed by atoms with Crippen molar-refractivity contribution in [2.24, 2.45) is 5.92 Å². The quantitative estimate of drug-likeness (QED) is 0.694. The first-order chi connectivity index (χ1) is 7.34. The van der Waals surface area contributed by atoms with E-state index in [0.717, 1.165) is 31.0 Å². The van der Waals surface area contributed by atoms with Gasteiger partial charge in [0.15, 0.2) is 0 Å². The Kier molecular flexibility index (Phi) is 4.24. The summed E-state index contributed by atoms with van der Waals surface area (Å²) in [4.78, 5) is 0. The van der Waals surface area contributed by atoms with Crippen LogP contribution in [0.25, 0.3) is 0 Å². The number of ether oxygens (including phenoxy) is 1. The van der Waals surface area contributed by atoms with E-state index in [-0.39, 0.29) is 0 Å². The molecule has 86 valence electrons. The van der Waals surface area contributed by atoms with Gasteiger partial charge in [-0.3, -0.25) is 4.21 Å². The highest BCUT2D eigenvalue weighted by Crippen LogP contribution is 2.24. The van der Waals surface area contributed by atoms with Crippen LogP contribution in [0, 0.1) is 5.92 Å². The van der Waals surface area contributed by atoms with Crippen LogP contribution in [0.3, 0.4) is 0 Å². The Labute approximate surface area is 94.5 Å². The van der Waals surface area contributed by atoms with Crippen LogP contribution in [0.1, 0.15) is 38.5 Å². The second-order valence-electron chi connectivity index (χ2n) is 4.61. The average molecular weight is 228 g/mol. The van der Waals surface area contributed by atoms with Crippen molar-refractivity contribution in [2.75, 3.05) is 18.1 Å². The molecule has 0 aromatic carbocycles. The molecule has 15 heavy (non-hydrogen) atoms. The van der Waals surface area contributed by atoms with E-state index in [9.17, 15) is 4.21 Å². The van der Waals surface area contributed by atoms with Gasteiger partial charge in [-0.1, -0.05) is 0 Å². The maximum absolute atomic E-state index is 11.1. The molecule has 0 amide bonds. The van der Waals surface area contributed by atoms with Crippen molar-refractivity contribution in [2.45, 2.75) is 38.5 Å². The largest absolute Gasteiger partial charge is 0.501 e. The summed E-state index contributed by atoms with van der Waals surface area (Å²) in [6.45, 7) is 0.834. The third kappa shape index (κ3) is 3.63. The van der Waals surface area contributed by atoms with Crippen LogP contribution < -0.4 is 0 Å². The summed E-state index contributed by atoms with van der Waals surface area (Å²) in [5, 5.41) is 0. The van der Waals surface area contributed by atoms with Gasteiger partial charge in [0.1, 0.15) is 0 Å². The molecule has 0 N–H and O–H groups in total. The lowest BCUT2D eigenvalue weighted by atomic mass is 10.0. The summed E-state index contributed by atoms with van der Waals surface area (Å²) in [5.41, 5.74) is 1.48. The predicted octanol–water partition coefficient (Wildman–Crippen LogP) is 2.62. The van der Waals surface area contributed by atoms with E-state index in [2.05, 4.69) is 0 Å². The molecule has 0 unspecified atom stereocenters. The van der Waals surface area contributed by atoms with Gasteiger partial charge in [0, 0.05) is 22.3 Å². The first kappa shape index (κ1) is 11.2. The van der Waals surface area contributed by atoms with Crippen LogP contribution >= 0.6 is 0 Å². The third-order valence-electron chi connectivity index (χ3n) is 3.34. The van der Waals surface area contributed by atoms with Gasteiger partial charge in [-0.25, -0.2) is 0 Å². The Balaban J connectivity index is 1.65. The second-order valence-corrected chi connectivity index (χ2v) is 6.30. The minimum absolute atomic E-state index is 0.539. The number of hydrogen-bond donors (Lipinski definition) is 0. The zero-order chi connectivity index (χ0) is 10.5. The molecule has 1 aliphatic heterocycles. The Morgan fingerprint density at radius 2 is 1.93 bits per heavy atom. The summed E-state index contributed by atoms with van der Waals surface area (Å²) >= 11 is 0. The van der Waals surface area contributed by atoms with Crippen molar-refractivity contribution in [1.82, 2.24) is 0 Å². The van der Waals surface area contributed by atoms with E-state index in [1.165, 1.54) is 31.3 Å². The van der Waals surface area contributed by atoms with Gasteiger partial charge < -0.3 is 4.74 Å². The van der Waals surface area contributed by atoms with Crippen LogP contribution in [0.15, 0.2) is 11.8 Å². The molecule has 3 heteroatoms. The lowest BCUT2D eigenvalue weighted by Gasteiger charge is -2.20. The maximum Gasteiger partial charge on any atom is 0.0902 e. The third-order valence-corrected chi connectivity index (χ3v) is 4.72. The zero-order valence-electron chi connectivity index (χ0n) is 9.24. The molecule has 0 aromatic rings. The Bertz CT molecular complexity index is 242. The first-order valence-electron chi connectivity index (χ1n) is 5.99. The van der Waals surface area contributed by atoms with Crippen LogP contribution in [-0.2, 0) is 15.5 Å². The fraction of sp³-hybridized carbons (Fsp3) is 0.833. The van der Waals surface area contributed by atoms with Crippen molar-refractivity contribution in [3.63, 3.8) is 0 Å². The van der Waals surface area contributed by atoms with E-state index < -0.39 is 10.8 Å². The minimum atomic E-state index is -0.539. The highest BCUT2D eigenvalue weighted by molar-refractivity contribution is 7.85. The molecule has 0 radical (unpaired) electrons. The van der Waals surface area contributed by atoms with Gasteiger partial charge in [-0.2, -0.15) is 0 Å². The average Bonchev–Trinajstić information content (AvgIpc) is 2.74. The van der Waals surface area contributed by atoms with E-state index in [0.29, 0.717) is 5.92 Å². The monoisotopic (exact) mass is 228 g/mol. The molecule has 1 aliphatic carbocycles. The topological polar surface area (TPSA) is 26.3 Å². The van der Waals surface area contributed by atoms with Gasteiger partial charge in [0.05, 0.1) is 12.9 Å². The zero-order valence-corrected chi connectivity index (χ0v) is 10.1. The summed E-state index contributed by atoms with van der Waals surface area (Å²) in [7, 11) is -0.539. The molecular formula is C12H20O2S. The first-order valence-corrected chi connectivity index (χ1v) is 7.48. The fourth-order valence-corrected chi connectivity index (χ4v) is 3.65. The number of hydrogen-bond acceptors (Lipinski definition) is 2. The van der Waals surface area contributed by atoms with E-state index >= 15 is 0 Å². The van der Waals surface area contributed by atoms with E-state index in [4.69, 9.17) is 4.74 Å².